The second kappa shape index (κ2) is 12.6. The molecule has 0 bridgehead atoms. The van der Waals surface area contributed by atoms with Crippen LogP contribution in [0.3, 0.4) is 0 Å². The van der Waals surface area contributed by atoms with Gasteiger partial charge in [-0.3, -0.25) is 9.79 Å². The van der Waals surface area contributed by atoms with Gasteiger partial charge in [-0.25, -0.2) is 0 Å². The summed E-state index contributed by atoms with van der Waals surface area (Å²) in [5.74, 6) is 0.964. The van der Waals surface area contributed by atoms with Gasteiger partial charge in [0.15, 0.2) is 5.96 Å². The van der Waals surface area contributed by atoms with Crippen molar-refractivity contribution in [2.75, 3.05) is 47.0 Å². The highest BCUT2D eigenvalue weighted by atomic mass is 16.5. The number of methoxy groups -OCH3 is 1. The van der Waals surface area contributed by atoms with Crippen LogP contribution in [-0.2, 0) is 16.0 Å². The fraction of sp³-hybridized carbons (Fsp3) is 0.714. The van der Waals surface area contributed by atoms with E-state index in [-0.39, 0.29) is 5.56 Å². The molecule has 28 heavy (non-hydrogen) atoms. The van der Waals surface area contributed by atoms with Crippen LogP contribution in [0.2, 0.25) is 0 Å². The van der Waals surface area contributed by atoms with E-state index in [1.165, 1.54) is 0 Å². The van der Waals surface area contributed by atoms with Gasteiger partial charge in [0.05, 0.1) is 6.10 Å². The minimum atomic E-state index is 0.0797. The SMILES string of the molecule is CN=C(NCCCCn1c(C)cccc1=O)N1CCC(OCCCOC)CC1. The van der Waals surface area contributed by atoms with Crippen LogP contribution in [0.5, 0.6) is 0 Å². The van der Waals surface area contributed by atoms with Crippen LogP contribution in [0.1, 0.15) is 37.8 Å². The van der Waals surface area contributed by atoms with E-state index in [4.69, 9.17) is 9.47 Å². The number of ether oxygens (including phenoxy) is 2. The molecular weight excluding hydrogens is 356 g/mol. The summed E-state index contributed by atoms with van der Waals surface area (Å²) in [6.07, 6.45) is 5.33. The molecule has 1 aliphatic heterocycles. The maximum atomic E-state index is 11.9. The van der Waals surface area contributed by atoms with Crippen molar-refractivity contribution in [3.63, 3.8) is 0 Å². The number of piperidine rings is 1. The van der Waals surface area contributed by atoms with Gasteiger partial charge in [-0.1, -0.05) is 6.07 Å². The van der Waals surface area contributed by atoms with Gasteiger partial charge in [-0.15, -0.1) is 0 Å². The number of nitrogens with one attached hydrogen (secondary N) is 1. The predicted octanol–water partition coefficient (Wildman–Crippen LogP) is 2.03. The number of aromatic nitrogens is 1. The molecule has 0 spiro atoms. The van der Waals surface area contributed by atoms with Crippen molar-refractivity contribution in [3.05, 3.63) is 34.2 Å². The topological polar surface area (TPSA) is 68.1 Å². The summed E-state index contributed by atoms with van der Waals surface area (Å²) >= 11 is 0. The Morgan fingerprint density at radius 2 is 2.00 bits per heavy atom. The Hall–Kier alpha value is -1.86. The van der Waals surface area contributed by atoms with Gasteiger partial charge < -0.3 is 24.3 Å². The largest absolute Gasteiger partial charge is 0.385 e. The minimum Gasteiger partial charge on any atom is -0.385 e. The first kappa shape index (κ1) is 22.4. The van der Waals surface area contributed by atoms with Gasteiger partial charge in [0.2, 0.25) is 0 Å². The van der Waals surface area contributed by atoms with Crippen LogP contribution in [0.15, 0.2) is 28.0 Å². The fourth-order valence-electron chi connectivity index (χ4n) is 3.52. The summed E-state index contributed by atoms with van der Waals surface area (Å²) in [5.41, 5.74) is 1.10. The van der Waals surface area contributed by atoms with E-state index in [0.29, 0.717) is 6.10 Å². The molecule has 0 unspecified atom stereocenters. The first-order valence-electron chi connectivity index (χ1n) is 10.4. The van der Waals surface area contributed by atoms with Crippen molar-refractivity contribution in [2.45, 2.75) is 51.7 Å². The number of hydrogen-bond acceptors (Lipinski definition) is 4. The summed E-state index contributed by atoms with van der Waals surface area (Å²) < 4.78 is 12.8. The Bertz CT molecular complexity index is 651. The number of likely N-dealkylation sites (tertiary alicyclic amines) is 1. The standard InChI is InChI=1S/C21H36N4O3/c1-18-8-6-9-20(26)25(18)13-5-4-12-23-21(22-2)24-14-10-19(11-15-24)28-17-7-16-27-3/h6,8-9,19H,4-5,7,10-17H2,1-3H3,(H,22,23). The lowest BCUT2D eigenvalue weighted by molar-refractivity contribution is 0.00991. The molecule has 1 fully saturated rings. The molecule has 0 amide bonds. The van der Waals surface area contributed by atoms with E-state index in [2.05, 4.69) is 15.2 Å². The van der Waals surface area contributed by atoms with Gasteiger partial charge in [-0.2, -0.15) is 0 Å². The van der Waals surface area contributed by atoms with Gasteiger partial charge in [-0.05, 0) is 45.1 Å². The van der Waals surface area contributed by atoms with E-state index in [9.17, 15) is 4.79 Å². The number of hydrogen-bond donors (Lipinski definition) is 1. The maximum absolute atomic E-state index is 11.9. The van der Waals surface area contributed by atoms with E-state index in [0.717, 1.165) is 83.2 Å². The molecule has 0 aliphatic carbocycles. The molecule has 0 saturated carbocycles. The fourth-order valence-corrected chi connectivity index (χ4v) is 3.52. The molecule has 1 N–H and O–H groups in total. The van der Waals surface area contributed by atoms with Crippen LogP contribution >= 0.6 is 0 Å². The van der Waals surface area contributed by atoms with Crippen molar-refractivity contribution >= 4 is 5.96 Å². The lowest BCUT2D eigenvalue weighted by Gasteiger charge is -2.34. The molecule has 2 rings (SSSR count). The Balaban J connectivity index is 1.63. The van der Waals surface area contributed by atoms with E-state index in [1.807, 2.05) is 30.7 Å². The number of guanidine groups is 1. The molecule has 1 aromatic rings. The predicted molar refractivity (Wildman–Crippen MR) is 113 cm³/mol. The zero-order valence-electron chi connectivity index (χ0n) is 17.7. The van der Waals surface area contributed by atoms with Crippen molar-refractivity contribution in [3.8, 4) is 0 Å². The number of unbranched alkanes of at least 4 members (excludes halogenated alkanes) is 1. The lowest BCUT2D eigenvalue weighted by Crippen LogP contribution is -2.47. The average molecular weight is 393 g/mol. The highest BCUT2D eigenvalue weighted by Gasteiger charge is 2.21. The molecule has 1 aromatic heterocycles. The van der Waals surface area contributed by atoms with Crippen molar-refractivity contribution in [2.24, 2.45) is 4.99 Å². The van der Waals surface area contributed by atoms with Crippen LogP contribution in [0.4, 0.5) is 0 Å². The Labute approximate surface area is 168 Å². The highest BCUT2D eigenvalue weighted by Crippen LogP contribution is 2.14. The van der Waals surface area contributed by atoms with Crippen molar-refractivity contribution in [1.82, 2.24) is 14.8 Å². The number of nitrogens with zero attached hydrogens (tertiary/aromatic N) is 3. The van der Waals surface area contributed by atoms with Crippen LogP contribution in [0.25, 0.3) is 0 Å². The third kappa shape index (κ3) is 7.28. The van der Waals surface area contributed by atoms with Gasteiger partial charge in [0.1, 0.15) is 0 Å². The third-order valence-corrected chi connectivity index (χ3v) is 5.16. The molecule has 0 radical (unpaired) electrons. The van der Waals surface area contributed by atoms with Gasteiger partial charge in [0.25, 0.3) is 5.56 Å². The van der Waals surface area contributed by atoms with Crippen LogP contribution in [-0.4, -0.2) is 68.5 Å². The van der Waals surface area contributed by atoms with Crippen molar-refractivity contribution < 1.29 is 9.47 Å². The monoisotopic (exact) mass is 392 g/mol. The van der Waals surface area contributed by atoms with Crippen molar-refractivity contribution in [1.29, 1.82) is 0 Å². The molecule has 0 aromatic carbocycles. The van der Waals surface area contributed by atoms with Gasteiger partial charge >= 0.3 is 0 Å². The smallest absolute Gasteiger partial charge is 0.250 e. The summed E-state index contributed by atoms with van der Waals surface area (Å²) in [6, 6.07) is 5.41. The minimum absolute atomic E-state index is 0.0797. The zero-order chi connectivity index (χ0) is 20.2. The maximum Gasteiger partial charge on any atom is 0.250 e. The number of pyridine rings is 1. The first-order chi connectivity index (χ1) is 13.7. The van der Waals surface area contributed by atoms with Crippen LogP contribution in [0, 0.1) is 6.92 Å². The van der Waals surface area contributed by atoms with Gasteiger partial charge in [0, 0.05) is 65.3 Å². The molecule has 1 saturated heterocycles. The molecular formula is C21H36N4O3. The van der Waals surface area contributed by atoms with Crippen LogP contribution < -0.4 is 10.9 Å². The molecule has 7 nitrogen and oxygen atoms in total. The Morgan fingerprint density at radius 1 is 1.21 bits per heavy atom. The third-order valence-electron chi connectivity index (χ3n) is 5.16. The summed E-state index contributed by atoms with van der Waals surface area (Å²) in [6.45, 7) is 7.06. The molecule has 0 atom stereocenters. The molecule has 1 aliphatic rings. The normalized spacial score (nSPS) is 15.8. The lowest BCUT2D eigenvalue weighted by atomic mass is 10.1. The number of rotatable bonds is 10. The Morgan fingerprint density at radius 3 is 2.68 bits per heavy atom. The average Bonchev–Trinajstić information content (AvgIpc) is 2.70. The zero-order valence-corrected chi connectivity index (χ0v) is 17.7. The van der Waals surface area contributed by atoms with E-state index in [1.54, 1.807) is 13.2 Å². The van der Waals surface area contributed by atoms with E-state index >= 15 is 0 Å². The number of aryl methyl sites for hydroxylation is 1. The molecule has 158 valence electrons. The molecule has 2 heterocycles. The summed E-state index contributed by atoms with van der Waals surface area (Å²) in [5, 5.41) is 3.46. The highest BCUT2D eigenvalue weighted by molar-refractivity contribution is 5.79. The molecule has 7 heteroatoms. The second-order valence-electron chi connectivity index (χ2n) is 7.24. The quantitative estimate of drug-likeness (QED) is 0.375. The summed E-state index contributed by atoms with van der Waals surface area (Å²) in [4.78, 5) is 18.6. The summed E-state index contributed by atoms with van der Waals surface area (Å²) in [7, 11) is 3.56. The second-order valence-corrected chi connectivity index (χ2v) is 7.24. The number of aliphatic imine (C=N–C) groups is 1. The Kier molecular flexibility index (Phi) is 10.1. The first-order valence-corrected chi connectivity index (χ1v) is 10.4. The van der Waals surface area contributed by atoms with E-state index < -0.39 is 0 Å².